The maximum atomic E-state index is 9.59. The zero-order valence-electron chi connectivity index (χ0n) is 9.95. The van der Waals surface area contributed by atoms with Crippen LogP contribution in [0.5, 0.6) is 0 Å². The van der Waals surface area contributed by atoms with Crippen molar-refractivity contribution in [1.29, 1.82) is 0 Å². The molecule has 0 aromatic heterocycles. The van der Waals surface area contributed by atoms with Gasteiger partial charge in [-0.1, -0.05) is 43.5 Å². The smallest absolute Gasteiger partial charge is 0.0762 e. The summed E-state index contributed by atoms with van der Waals surface area (Å²) in [6, 6.07) is 8.12. The van der Waals surface area contributed by atoms with Crippen LogP contribution in [-0.2, 0) is 5.54 Å². The summed E-state index contributed by atoms with van der Waals surface area (Å²) in [6.07, 6.45) is 5.46. The highest BCUT2D eigenvalue weighted by Crippen LogP contribution is 2.35. The lowest BCUT2D eigenvalue weighted by atomic mass is 9.77. The van der Waals surface area contributed by atoms with E-state index in [-0.39, 0.29) is 5.54 Å². The number of hydrogen-bond donors (Lipinski definition) is 2. The van der Waals surface area contributed by atoms with E-state index < -0.39 is 6.10 Å². The van der Waals surface area contributed by atoms with Gasteiger partial charge in [0.15, 0.2) is 0 Å². The van der Waals surface area contributed by atoms with Gasteiger partial charge in [-0.2, -0.15) is 0 Å². The Morgan fingerprint density at radius 2 is 1.94 bits per heavy atom. The Bertz CT molecular complexity index is 354. The molecule has 1 aliphatic carbocycles. The molecule has 1 saturated carbocycles. The third-order valence-corrected chi connectivity index (χ3v) is 3.69. The van der Waals surface area contributed by atoms with Crippen LogP contribution in [0.1, 0.15) is 56.3 Å². The summed E-state index contributed by atoms with van der Waals surface area (Å²) in [7, 11) is 0. The molecule has 1 aromatic carbocycles. The van der Waals surface area contributed by atoms with Gasteiger partial charge in [-0.3, -0.25) is 0 Å². The minimum Gasteiger partial charge on any atom is -0.389 e. The molecular weight excluding hydrogens is 198 g/mol. The lowest BCUT2D eigenvalue weighted by Gasteiger charge is -2.34. The van der Waals surface area contributed by atoms with Crippen LogP contribution in [0, 0.1) is 0 Å². The summed E-state index contributed by atoms with van der Waals surface area (Å²) in [6.45, 7) is 1.79. The van der Waals surface area contributed by atoms with Crippen LogP contribution < -0.4 is 5.73 Å². The van der Waals surface area contributed by atoms with Crippen LogP contribution in [0.15, 0.2) is 24.3 Å². The van der Waals surface area contributed by atoms with Gasteiger partial charge >= 0.3 is 0 Å². The molecule has 0 aliphatic heterocycles. The Kier molecular flexibility index (Phi) is 3.31. The summed E-state index contributed by atoms with van der Waals surface area (Å²) in [5.74, 6) is 0. The Hall–Kier alpha value is -0.860. The van der Waals surface area contributed by atoms with E-state index in [1.54, 1.807) is 6.92 Å². The van der Waals surface area contributed by atoms with E-state index in [4.69, 9.17) is 5.73 Å². The van der Waals surface area contributed by atoms with Crippen molar-refractivity contribution in [3.05, 3.63) is 35.4 Å². The van der Waals surface area contributed by atoms with Gasteiger partial charge in [0.2, 0.25) is 0 Å². The first-order valence-corrected chi connectivity index (χ1v) is 6.19. The zero-order chi connectivity index (χ0) is 11.6. The maximum Gasteiger partial charge on any atom is 0.0762 e. The molecule has 2 rings (SSSR count). The average Bonchev–Trinajstić information content (AvgIpc) is 2.30. The first kappa shape index (κ1) is 11.6. The molecule has 0 radical (unpaired) electrons. The van der Waals surface area contributed by atoms with Gasteiger partial charge in [0, 0.05) is 5.54 Å². The second-order valence-electron chi connectivity index (χ2n) is 5.02. The molecule has 0 heterocycles. The number of aliphatic hydroxyl groups excluding tert-OH is 1. The van der Waals surface area contributed by atoms with E-state index in [1.165, 1.54) is 24.8 Å². The van der Waals surface area contributed by atoms with Crippen LogP contribution in [0.25, 0.3) is 0 Å². The number of nitrogens with two attached hydrogens (primary N) is 1. The minimum absolute atomic E-state index is 0.164. The second kappa shape index (κ2) is 4.56. The van der Waals surface area contributed by atoms with Gasteiger partial charge in [-0.05, 0) is 30.9 Å². The monoisotopic (exact) mass is 219 g/mol. The molecule has 1 aliphatic rings. The normalized spacial score (nSPS) is 21.7. The molecule has 0 saturated heterocycles. The molecule has 0 bridgehead atoms. The van der Waals surface area contributed by atoms with Crippen molar-refractivity contribution >= 4 is 0 Å². The van der Waals surface area contributed by atoms with Crippen LogP contribution in [0.3, 0.4) is 0 Å². The Morgan fingerprint density at radius 3 is 2.56 bits per heavy atom. The maximum absolute atomic E-state index is 9.59. The quantitative estimate of drug-likeness (QED) is 0.803. The van der Waals surface area contributed by atoms with E-state index in [9.17, 15) is 5.11 Å². The highest BCUT2D eigenvalue weighted by Gasteiger charge is 2.29. The molecule has 1 unspecified atom stereocenters. The van der Waals surface area contributed by atoms with Crippen molar-refractivity contribution < 1.29 is 5.11 Å². The summed E-state index contributed by atoms with van der Waals surface area (Å²) >= 11 is 0. The minimum atomic E-state index is -0.410. The summed E-state index contributed by atoms with van der Waals surface area (Å²) < 4.78 is 0. The van der Waals surface area contributed by atoms with Crippen molar-refractivity contribution in [1.82, 2.24) is 0 Å². The Labute approximate surface area is 97.5 Å². The number of aliphatic hydroxyl groups is 1. The predicted molar refractivity (Wildman–Crippen MR) is 66.0 cm³/mol. The molecular formula is C14H21NO. The van der Waals surface area contributed by atoms with Gasteiger partial charge in [0.25, 0.3) is 0 Å². The first-order chi connectivity index (χ1) is 7.62. The highest BCUT2D eigenvalue weighted by molar-refractivity contribution is 5.30. The Morgan fingerprint density at radius 1 is 1.25 bits per heavy atom. The molecule has 3 N–H and O–H groups in total. The molecule has 88 valence electrons. The molecule has 1 atom stereocenters. The van der Waals surface area contributed by atoms with E-state index in [2.05, 4.69) is 12.1 Å². The third-order valence-electron chi connectivity index (χ3n) is 3.69. The molecule has 0 spiro atoms. The molecule has 2 heteroatoms. The van der Waals surface area contributed by atoms with Gasteiger partial charge in [-0.15, -0.1) is 0 Å². The lowest BCUT2D eigenvalue weighted by Crippen LogP contribution is -2.38. The summed E-state index contributed by atoms with van der Waals surface area (Å²) in [5, 5.41) is 9.59. The van der Waals surface area contributed by atoms with Gasteiger partial charge in [0.05, 0.1) is 6.10 Å². The first-order valence-electron chi connectivity index (χ1n) is 6.19. The largest absolute Gasteiger partial charge is 0.389 e. The molecule has 16 heavy (non-hydrogen) atoms. The predicted octanol–water partition coefficient (Wildman–Crippen LogP) is 2.86. The average molecular weight is 219 g/mol. The van der Waals surface area contributed by atoms with Crippen molar-refractivity contribution in [2.45, 2.75) is 50.7 Å². The topological polar surface area (TPSA) is 46.2 Å². The summed E-state index contributed by atoms with van der Waals surface area (Å²) in [4.78, 5) is 0. The van der Waals surface area contributed by atoms with E-state index >= 15 is 0 Å². The number of hydrogen-bond acceptors (Lipinski definition) is 2. The van der Waals surface area contributed by atoms with Gasteiger partial charge < -0.3 is 10.8 Å². The van der Waals surface area contributed by atoms with Crippen LogP contribution >= 0.6 is 0 Å². The van der Waals surface area contributed by atoms with Crippen molar-refractivity contribution in [3.8, 4) is 0 Å². The molecule has 1 fully saturated rings. The third kappa shape index (κ3) is 2.28. The van der Waals surface area contributed by atoms with Crippen LogP contribution in [0.2, 0.25) is 0 Å². The van der Waals surface area contributed by atoms with Crippen molar-refractivity contribution in [3.63, 3.8) is 0 Å². The fourth-order valence-corrected chi connectivity index (χ4v) is 2.58. The fourth-order valence-electron chi connectivity index (χ4n) is 2.58. The zero-order valence-corrected chi connectivity index (χ0v) is 9.95. The van der Waals surface area contributed by atoms with E-state index in [0.29, 0.717) is 0 Å². The van der Waals surface area contributed by atoms with Crippen LogP contribution in [-0.4, -0.2) is 5.11 Å². The van der Waals surface area contributed by atoms with Crippen LogP contribution in [0.4, 0.5) is 0 Å². The second-order valence-corrected chi connectivity index (χ2v) is 5.02. The van der Waals surface area contributed by atoms with Gasteiger partial charge in [0.1, 0.15) is 0 Å². The fraction of sp³-hybridized carbons (Fsp3) is 0.571. The Balaban J connectivity index is 2.28. The summed E-state index contributed by atoms with van der Waals surface area (Å²) in [5.41, 5.74) is 8.46. The molecule has 0 amide bonds. The van der Waals surface area contributed by atoms with E-state index in [0.717, 1.165) is 18.4 Å². The van der Waals surface area contributed by atoms with E-state index in [1.807, 2.05) is 12.1 Å². The number of rotatable bonds is 2. The standard InChI is InChI=1S/C14H21NO/c1-11(16)12-6-5-7-13(10-12)14(15)8-3-2-4-9-14/h5-7,10-11,16H,2-4,8-9,15H2,1H3. The highest BCUT2D eigenvalue weighted by atomic mass is 16.3. The number of benzene rings is 1. The molecule has 1 aromatic rings. The van der Waals surface area contributed by atoms with Crippen molar-refractivity contribution in [2.75, 3.05) is 0 Å². The lowest BCUT2D eigenvalue weighted by molar-refractivity contribution is 0.198. The molecule has 2 nitrogen and oxygen atoms in total. The SMILES string of the molecule is CC(O)c1cccc(C2(N)CCCCC2)c1. The van der Waals surface area contributed by atoms with Gasteiger partial charge in [-0.25, -0.2) is 0 Å². The van der Waals surface area contributed by atoms with Crippen molar-refractivity contribution in [2.24, 2.45) is 5.73 Å².